The number of rotatable bonds is 3. The molecule has 0 aliphatic carbocycles. The first-order valence-corrected chi connectivity index (χ1v) is 6.82. The van der Waals surface area contributed by atoms with Gasteiger partial charge >= 0.3 is 0 Å². The van der Waals surface area contributed by atoms with Gasteiger partial charge in [-0.15, -0.1) is 5.10 Å². The van der Waals surface area contributed by atoms with Crippen molar-refractivity contribution in [2.24, 2.45) is 0 Å². The molecule has 6 nitrogen and oxygen atoms in total. The number of aromatic amines is 1. The predicted octanol–water partition coefficient (Wildman–Crippen LogP) is 1.52. The number of nitrogens with one attached hydrogen (secondary N) is 3. The van der Waals surface area contributed by atoms with Crippen LogP contribution in [-0.2, 0) is 0 Å². The van der Waals surface area contributed by atoms with Crippen molar-refractivity contribution in [1.29, 1.82) is 0 Å². The Balaban J connectivity index is 1.66. The van der Waals surface area contributed by atoms with Gasteiger partial charge < -0.3 is 5.32 Å². The lowest BCUT2D eigenvalue weighted by atomic mass is 9.98. The minimum atomic E-state index is -0.193. The molecule has 104 valence electrons. The molecule has 1 aliphatic heterocycles. The first-order chi connectivity index (χ1) is 9.83. The van der Waals surface area contributed by atoms with Crippen LogP contribution < -0.4 is 10.6 Å². The Morgan fingerprint density at radius 1 is 1.20 bits per heavy atom. The SMILES string of the molecule is O=C(Nc1n[nH]c(C2CCNCC2)n1)c1ccccc1. The highest BCUT2D eigenvalue weighted by Crippen LogP contribution is 2.22. The largest absolute Gasteiger partial charge is 0.317 e. The minimum absolute atomic E-state index is 0.193. The van der Waals surface area contributed by atoms with Crippen molar-refractivity contribution in [1.82, 2.24) is 20.5 Å². The molecule has 0 bridgehead atoms. The summed E-state index contributed by atoms with van der Waals surface area (Å²) in [6, 6.07) is 9.05. The first-order valence-electron chi connectivity index (χ1n) is 6.82. The summed E-state index contributed by atoms with van der Waals surface area (Å²) >= 11 is 0. The Kier molecular flexibility index (Phi) is 3.73. The summed E-state index contributed by atoms with van der Waals surface area (Å²) in [5.74, 6) is 1.40. The normalized spacial score (nSPS) is 16.0. The van der Waals surface area contributed by atoms with E-state index >= 15 is 0 Å². The third-order valence-electron chi connectivity index (χ3n) is 3.49. The molecular formula is C14H17N5O. The number of aromatic nitrogens is 3. The third kappa shape index (κ3) is 2.85. The Hall–Kier alpha value is -2.21. The number of amides is 1. The molecule has 1 saturated heterocycles. The van der Waals surface area contributed by atoms with E-state index in [0.29, 0.717) is 17.4 Å². The molecule has 1 aromatic carbocycles. The van der Waals surface area contributed by atoms with Crippen LogP contribution in [0.25, 0.3) is 0 Å². The highest BCUT2D eigenvalue weighted by Gasteiger charge is 2.19. The maximum atomic E-state index is 12.0. The Morgan fingerprint density at radius 3 is 2.70 bits per heavy atom. The van der Waals surface area contributed by atoms with Gasteiger partial charge in [-0.1, -0.05) is 18.2 Å². The maximum absolute atomic E-state index is 12.0. The van der Waals surface area contributed by atoms with Gasteiger partial charge in [-0.25, -0.2) is 0 Å². The standard InChI is InChI=1S/C14H17N5O/c20-13(11-4-2-1-3-5-11)17-14-16-12(18-19-14)10-6-8-15-9-7-10/h1-5,10,15H,6-9H2,(H2,16,17,18,19,20). The summed E-state index contributed by atoms with van der Waals surface area (Å²) in [6.07, 6.45) is 2.09. The predicted molar refractivity (Wildman–Crippen MR) is 75.6 cm³/mol. The van der Waals surface area contributed by atoms with Gasteiger partial charge in [0, 0.05) is 11.5 Å². The number of hydrogen-bond donors (Lipinski definition) is 3. The van der Waals surface area contributed by atoms with Crippen molar-refractivity contribution in [3.63, 3.8) is 0 Å². The van der Waals surface area contributed by atoms with Crippen molar-refractivity contribution in [3.8, 4) is 0 Å². The van der Waals surface area contributed by atoms with Crippen LogP contribution in [0.3, 0.4) is 0 Å². The van der Waals surface area contributed by atoms with Crippen molar-refractivity contribution in [2.45, 2.75) is 18.8 Å². The molecule has 0 saturated carbocycles. The zero-order valence-electron chi connectivity index (χ0n) is 11.1. The van der Waals surface area contributed by atoms with Crippen LogP contribution >= 0.6 is 0 Å². The fourth-order valence-corrected chi connectivity index (χ4v) is 2.37. The summed E-state index contributed by atoms with van der Waals surface area (Å²) in [5, 5.41) is 13.0. The molecule has 1 amide bonds. The fourth-order valence-electron chi connectivity index (χ4n) is 2.37. The van der Waals surface area contributed by atoms with Crippen molar-refractivity contribution >= 4 is 11.9 Å². The second kappa shape index (κ2) is 5.83. The summed E-state index contributed by atoms with van der Waals surface area (Å²) in [6.45, 7) is 1.99. The van der Waals surface area contributed by atoms with E-state index in [1.807, 2.05) is 18.2 Å². The molecule has 6 heteroatoms. The van der Waals surface area contributed by atoms with Gasteiger partial charge in [-0.2, -0.15) is 4.98 Å². The molecule has 0 unspecified atom stereocenters. The van der Waals surface area contributed by atoms with Gasteiger partial charge in [-0.3, -0.25) is 15.2 Å². The average molecular weight is 271 g/mol. The second-order valence-corrected chi connectivity index (χ2v) is 4.89. The highest BCUT2D eigenvalue weighted by atomic mass is 16.1. The first kappa shape index (κ1) is 12.8. The number of H-pyrrole nitrogens is 1. The van der Waals surface area contributed by atoms with E-state index < -0.39 is 0 Å². The molecule has 2 heterocycles. The fraction of sp³-hybridized carbons (Fsp3) is 0.357. The maximum Gasteiger partial charge on any atom is 0.258 e. The Bertz CT molecular complexity index is 574. The summed E-state index contributed by atoms with van der Waals surface area (Å²) in [7, 11) is 0. The van der Waals surface area contributed by atoms with Gasteiger partial charge in [0.2, 0.25) is 5.95 Å². The molecular weight excluding hydrogens is 254 g/mol. The van der Waals surface area contributed by atoms with Crippen molar-refractivity contribution < 1.29 is 4.79 Å². The smallest absolute Gasteiger partial charge is 0.258 e. The van der Waals surface area contributed by atoms with Crippen LogP contribution in [0.5, 0.6) is 0 Å². The van der Waals surface area contributed by atoms with Crippen LogP contribution in [0.4, 0.5) is 5.95 Å². The number of nitrogens with zero attached hydrogens (tertiary/aromatic N) is 2. The number of benzene rings is 1. The van der Waals surface area contributed by atoms with E-state index in [1.165, 1.54) is 0 Å². The topological polar surface area (TPSA) is 82.7 Å². The van der Waals surface area contributed by atoms with E-state index in [1.54, 1.807) is 12.1 Å². The Morgan fingerprint density at radius 2 is 1.95 bits per heavy atom. The monoisotopic (exact) mass is 271 g/mol. The van der Waals surface area contributed by atoms with Crippen molar-refractivity contribution in [2.75, 3.05) is 18.4 Å². The lowest BCUT2D eigenvalue weighted by molar-refractivity contribution is 0.102. The van der Waals surface area contributed by atoms with E-state index in [4.69, 9.17) is 0 Å². The molecule has 3 rings (SSSR count). The molecule has 2 aromatic rings. The van der Waals surface area contributed by atoms with Crippen LogP contribution in [0.15, 0.2) is 30.3 Å². The lowest BCUT2D eigenvalue weighted by Gasteiger charge is -2.19. The molecule has 1 aromatic heterocycles. The molecule has 1 fully saturated rings. The summed E-state index contributed by atoms with van der Waals surface area (Å²) in [5.41, 5.74) is 0.598. The molecule has 0 atom stereocenters. The van der Waals surface area contributed by atoms with Crippen molar-refractivity contribution in [3.05, 3.63) is 41.7 Å². The summed E-state index contributed by atoms with van der Waals surface area (Å²) < 4.78 is 0. The van der Waals surface area contributed by atoms with Crippen LogP contribution in [0.1, 0.15) is 34.9 Å². The van der Waals surface area contributed by atoms with Gasteiger partial charge in [0.1, 0.15) is 5.82 Å². The molecule has 1 aliphatic rings. The zero-order chi connectivity index (χ0) is 13.8. The molecule has 0 radical (unpaired) electrons. The van der Waals surface area contributed by atoms with E-state index in [9.17, 15) is 4.79 Å². The molecule has 20 heavy (non-hydrogen) atoms. The van der Waals surface area contributed by atoms with Gasteiger partial charge in [0.25, 0.3) is 5.91 Å². The van der Waals surface area contributed by atoms with Gasteiger partial charge in [0.15, 0.2) is 0 Å². The van der Waals surface area contributed by atoms with E-state index in [0.717, 1.165) is 31.8 Å². The van der Waals surface area contributed by atoms with E-state index in [2.05, 4.69) is 25.8 Å². The number of piperidine rings is 1. The van der Waals surface area contributed by atoms with Gasteiger partial charge in [0.05, 0.1) is 0 Å². The highest BCUT2D eigenvalue weighted by molar-refractivity contribution is 6.03. The number of anilines is 1. The lowest BCUT2D eigenvalue weighted by Crippen LogP contribution is -2.27. The molecule has 0 spiro atoms. The zero-order valence-corrected chi connectivity index (χ0v) is 11.1. The number of hydrogen-bond acceptors (Lipinski definition) is 4. The third-order valence-corrected chi connectivity index (χ3v) is 3.49. The van der Waals surface area contributed by atoms with Crippen LogP contribution in [0, 0.1) is 0 Å². The van der Waals surface area contributed by atoms with Crippen LogP contribution in [-0.4, -0.2) is 34.2 Å². The minimum Gasteiger partial charge on any atom is -0.317 e. The second-order valence-electron chi connectivity index (χ2n) is 4.89. The average Bonchev–Trinajstić information content (AvgIpc) is 2.97. The Labute approximate surface area is 117 Å². The number of carbonyl (C=O) groups excluding carboxylic acids is 1. The number of carbonyl (C=O) groups is 1. The van der Waals surface area contributed by atoms with Gasteiger partial charge in [-0.05, 0) is 38.1 Å². The summed E-state index contributed by atoms with van der Waals surface area (Å²) in [4.78, 5) is 16.4. The quantitative estimate of drug-likeness (QED) is 0.790. The van der Waals surface area contributed by atoms with E-state index in [-0.39, 0.29) is 5.91 Å². The van der Waals surface area contributed by atoms with Crippen LogP contribution in [0.2, 0.25) is 0 Å². The molecule has 3 N–H and O–H groups in total.